The Morgan fingerprint density at radius 3 is 2.48 bits per heavy atom. The van der Waals surface area contributed by atoms with Crippen molar-refractivity contribution in [2.24, 2.45) is 11.0 Å². The van der Waals surface area contributed by atoms with Gasteiger partial charge in [-0.25, -0.2) is 9.69 Å². The van der Waals surface area contributed by atoms with E-state index in [-0.39, 0.29) is 12.3 Å². The number of hydrogen-bond acceptors (Lipinski definition) is 7. The number of imide groups is 1. The third-order valence-electron chi connectivity index (χ3n) is 5.35. The molecule has 9 heteroatoms. The van der Waals surface area contributed by atoms with Crippen molar-refractivity contribution in [3.8, 4) is 5.75 Å². The minimum Gasteiger partial charge on any atom is -0.497 e. The Bertz CT molecular complexity index is 1100. The van der Waals surface area contributed by atoms with Crippen LogP contribution >= 0.6 is 11.6 Å². The summed E-state index contributed by atoms with van der Waals surface area (Å²) in [5.74, 6) is -2.20. The summed E-state index contributed by atoms with van der Waals surface area (Å²) < 4.78 is 10.3. The first-order valence-electron chi connectivity index (χ1n) is 9.70. The molecule has 2 aromatic carbocycles. The Hall–Kier alpha value is -3.39. The second kappa shape index (κ2) is 8.03. The van der Waals surface area contributed by atoms with Gasteiger partial charge in [0, 0.05) is 5.02 Å². The van der Waals surface area contributed by atoms with Crippen molar-refractivity contribution < 1.29 is 23.9 Å². The summed E-state index contributed by atoms with van der Waals surface area (Å²) in [5.41, 5.74) is 1.43. The number of ether oxygens (including phenoxy) is 2. The van der Waals surface area contributed by atoms with Crippen LogP contribution in [0.4, 0.5) is 11.4 Å². The molecule has 0 aromatic heterocycles. The second-order valence-corrected chi connectivity index (χ2v) is 7.47. The first-order chi connectivity index (χ1) is 14.9. The maximum Gasteiger partial charge on any atom is 0.355 e. The Morgan fingerprint density at radius 2 is 1.84 bits per heavy atom. The lowest BCUT2D eigenvalue weighted by Gasteiger charge is -2.23. The number of amides is 2. The Balaban J connectivity index is 1.80. The van der Waals surface area contributed by atoms with Crippen LogP contribution in [0.15, 0.2) is 47.6 Å². The van der Waals surface area contributed by atoms with Crippen LogP contribution in [0.2, 0.25) is 5.02 Å². The van der Waals surface area contributed by atoms with Crippen molar-refractivity contribution in [2.75, 3.05) is 23.6 Å². The topological polar surface area (TPSA) is 88.5 Å². The Labute approximate surface area is 184 Å². The van der Waals surface area contributed by atoms with Crippen molar-refractivity contribution >= 4 is 46.5 Å². The molecule has 8 nitrogen and oxygen atoms in total. The SMILES string of the molecule is CCOC(=O)C1=NN(c2ccc(OC)cc2)C2C(=O)N(c3cccc(Cl)c3C)C(=O)C12. The monoisotopic (exact) mass is 441 g/mol. The largest absolute Gasteiger partial charge is 0.497 e. The molecule has 0 saturated carbocycles. The van der Waals surface area contributed by atoms with Gasteiger partial charge in [-0.1, -0.05) is 17.7 Å². The van der Waals surface area contributed by atoms with Gasteiger partial charge in [0.25, 0.3) is 5.91 Å². The lowest BCUT2D eigenvalue weighted by atomic mass is 9.97. The van der Waals surface area contributed by atoms with Gasteiger partial charge in [0.15, 0.2) is 5.71 Å². The molecule has 2 amide bonds. The van der Waals surface area contributed by atoms with Crippen LogP contribution in [-0.4, -0.2) is 43.3 Å². The molecule has 0 N–H and O–H groups in total. The lowest BCUT2D eigenvalue weighted by Crippen LogP contribution is -2.39. The highest BCUT2D eigenvalue weighted by molar-refractivity contribution is 6.47. The highest BCUT2D eigenvalue weighted by Crippen LogP contribution is 2.40. The molecule has 160 valence electrons. The number of nitrogens with zero attached hydrogens (tertiary/aromatic N) is 3. The predicted molar refractivity (Wildman–Crippen MR) is 116 cm³/mol. The van der Waals surface area contributed by atoms with E-state index in [4.69, 9.17) is 21.1 Å². The maximum atomic E-state index is 13.5. The molecule has 2 aliphatic rings. The number of hydrazone groups is 1. The average Bonchev–Trinajstić information content (AvgIpc) is 3.28. The quantitative estimate of drug-likeness (QED) is 0.523. The van der Waals surface area contributed by atoms with Crippen LogP contribution in [0.25, 0.3) is 0 Å². The van der Waals surface area contributed by atoms with Crippen molar-refractivity contribution in [2.45, 2.75) is 19.9 Å². The first-order valence-corrected chi connectivity index (χ1v) is 10.1. The van der Waals surface area contributed by atoms with E-state index >= 15 is 0 Å². The molecule has 1 saturated heterocycles. The summed E-state index contributed by atoms with van der Waals surface area (Å²) in [7, 11) is 1.54. The number of fused-ring (bicyclic) bond motifs is 1. The van der Waals surface area contributed by atoms with E-state index < -0.39 is 29.7 Å². The fourth-order valence-electron chi connectivity index (χ4n) is 3.81. The van der Waals surface area contributed by atoms with Gasteiger partial charge in [-0.3, -0.25) is 14.6 Å². The summed E-state index contributed by atoms with van der Waals surface area (Å²) in [5, 5.41) is 6.16. The van der Waals surface area contributed by atoms with Crippen LogP contribution in [0, 0.1) is 12.8 Å². The molecule has 0 spiro atoms. The molecule has 0 bridgehead atoms. The van der Waals surface area contributed by atoms with Gasteiger partial charge in [0.2, 0.25) is 5.91 Å². The van der Waals surface area contributed by atoms with Gasteiger partial charge in [0.05, 0.1) is 25.1 Å². The number of carbonyl (C=O) groups excluding carboxylic acids is 3. The van der Waals surface area contributed by atoms with E-state index in [9.17, 15) is 14.4 Å². The van der Waals surface area contributed by atoms with E-state index in [1.54, 1.807) is 63.4 Å². The summed E-state index contributed by atoms with van der Waals surface area (Å²) in [6.45, 7) is 3.51. The van der Waals surface area contributed by atoms with Crippen molar-refractivity contribution in [3.05, 3.63) is 53.1 Å². The molecule has 2 atom stereocenters. The minimum atomic E-state index is -1.08. The zero-order valence-corrected chi connectivity index (χ0v) is 17.9. The van der Waals surface area contributed by atoms with Gasteiger partial charge in [-0.15, -0.1) is 0 Å². The van der Waals surface area contributed by atoms with Gasteiger partial charge >= 0.3 is 5.97 Å². The summed E-state index contributed by atoms with van der Waals surface area (Å²) in [4.78, 5) is 40.5. The van der Waals surface area contributed by atoms with E-state index in [0.717, 1.165) is 4.90 Å². The van der Waals surface area contributed by atoms with Gasteiger partial charge < -0.3 is 9.47 Å². The third kappa shape index (κ3) is 3.33. The third-order valence-corrected chi connectivity index (χ3v) is 5.76. The minimum absolute atomic E-state index is 0.0943. The number of carbonyl (C=O) groups is 3. The molecular weight excluding hydrogens is 422 g/mol. The fourth-order valence-corrected chi connectivity index (χ4v) is 3.98. The summed E-state index contributed by atoms with van der Waals surface area (Å²) in [6.07, 6.45) is 0. The van der Waals surface area contributed by atoms with Crippen molar-refractivity contribution in [1.82, 2.24) is 0 Å². The van der Waals surface area contributed by atoms with Crippen LogP contribution in [0.1, 0.15) is 12.5 Å². The van der Waals surface area contributed by atoms with E-state index in [1.165, 1.54) is 5.01 Å². The van der Waals surface area contributed by atoms with E-state index in [0.29, 0.717) is 27.7 Å². The van der Waals surface area contributed by atoms with Crippen molar-refractivity contribution in [1.29, 1.82) is 0 Å². The standard InChI is InChI=1S/C22H20ClN3O5/c1-4-31-22(29)18-17-19(26(24-18)13-8-10-14(30-3)11-9-13)21(28)25(20(17)27)16-7-5-6-15(23)12(16)2/h5-11,17,19H,4H2,1-3H3. The number of benzene rings is 2. The maximum absolute atomic E-state index is 13.5. The van der Waals surface area contributed by atoms with Crippen LogP contribution < -0.4 is 14.6 Å². The second-order valence-electron chi connectivity index (χ2n) is 7.07. The van der Waals surface area contributed by atoms with Crippen LogP contribution in [-0.2, 0) is 19.1 Å². The fraction of sp³-hybridized carbons (Fsp3) is 0.273. The van der Waals surface area contributed by atoms with Crippen LogP contribution in [0.5, 0.6) is 5.75 Å². The number of anilines is 2. The van der Waals surface area contributed by atoms with Crippen molar-refractivity contribution in [3.63, 3.8) is 0 Å². The number of hydrogen-bond donors (Lipinski definition) is 0. The Kier molecular flexibility index (Phi) is 5.41. The molecule has 0 radical (unpaired) electrons. The van der Waals surface area contributed by atoms with Gasteiger partial charge in [-0.05, 0) is 55.8 Å². The number of rotatable bonds is 5. The normalized spacial score (nSPS) is 20.1. The average molecular weight is 442 g/mol. The smallest absolute Gasteiger partial charge is 0.355 e. The van der Waals surface area contributed by atoms with Gasteiger partial charge in [0.1, 0.15) is 17.7 Å². The molecule has 2 heterocycles. The Morgan fingerprint density at radius 1 is 1.13 bits per heavy atom. The summed E-state index contributed by atoms with van der Waals surface area (Å²) >= 11 is 6.21. The molecule has 2 aliphatic heterocycles. The molecule has 0 aliphatic carbocycles. The predicted octanol–water partition coefficient (Wildman–Crippen LogP) is 2.95. The molecule has 1 fully saturated rings. The first kappa shape index (κ1) is 20.9. The van der Waals surface area contributed by atoms with E-state index in [1.807, 2.05) is 0 Å². The van der Waals surface area contributed by atoms with E-state index in [2.05, 4.69) is 5.10 Å². The molecule has 2 aromatic rings. The summed E-state index contributed by atoms with van der Waals surface area (Å²) in [6, 6.07) is 10.8. The molecule has 31 heavy (non-hydrogen) atoms. The number of halogens is 1. The molecule has 2 unspecified atom stereocenters. The highest BCUT2D eigenvalue weighted by atomic mass is 35.5. The zero-order valence-electron chi connectivity index (χ0n) is 17.2. The molecular formula is C22H20ClN3O5. The molecule has 4 rings (SSSR count). The number of esters is 1. The lowest BCUT2D eigenvalue weighted by molar-refractivity contribution is -0.136. The highest BCUT2D eigenvalue weighted by Gasteiger charge is 2.59. The zero-order chi connectivity index (χ0) is 22.3. The van der Waals surface area contributed by atoms with Crippen LogP contribution in [0.3, 0.4) is 0 Å². The van der Waals surface area contributed by atoms with Gasteiger partial charge in [-0.2, -0.15) is 5.10 Å². The number of methoxy groups -OCH3 is 1.